The van der Waals surface area contributed by atoms with Crippen LogP contribution in [0.4, 0.5) is 0 Å². The largest absolute Gasteiger partial charge is 0.331 e. The van der Waals surface area contributed by atoms with Gasteiger partial charge in [0.1, 0.15) is 0 Å². The molecule has 1 unspecified atom stereocenters. The topological polar surface area (TPSA) is 27.7 Å². The third-order valence-electron chi connectivity index (χ3n) is 3.92. The van der Waals surface area contributed by atoms with E-state index in [1.54, 1.807) is 21.3 Å². The smallest absolute Gasteiger partial charge is 0.282 e. The van der Waals surface area contributed by atoms with Crippen molar-refractivity contribution in [3.05, 3.63) is 0 Å². The lowest BCUT2D eigenvalue weighted by Crippen LogP contribution is -2.35. The van der Waals surface area contributed by atoms with Crippen LogP contribution >= 0.6 is 12.6 Å². The van der Waals surface area contributed by atoms with Crippen LogP contribution in [0.15, 0.2) is 0 Å². The maximum atomic E-state index is 5.28. The molecule has 0 aliphatic heterocycles. The first-order chi connectivity index (χ1) is 9.64. The SMILES string of the molecule is CCC(S)CCCCCCCCCC(OC)(OC)OC. The van der Waals surface area contributed by atoms with Crippen LogP contribution in [0, 0.1) is 0 Å². The standard InChI is InChI=1S/C16H34O3S/c1-5-15(20)13-11-9-7-6-8-10-12-14-16(17-2,18-3)19-4/h15,20H,5-14H2,1-4H3. The van der Waals surface area contributed by atoms with Gasteiger partial charge in [0.05, 0.1) is 0 Å². The normalized spacial score (nSPS) is 13.7. The van der Waals surface area contributed by atoms with Crippen molar-refractivity contribution in [3.8, 4) is 0 Å². The van der Waals surface area contributed by atoms with Crippen molar-refractivity contribution in [3.63, 3.8) is 0 Å². The number of unbranched alkanes of at least 4 members (excludes halogenated alkanes) is 6. The van der Waals surface area contributed by atoms with E-state index in [0.29, 0.717) is 5.25 Å². The highest BCUT2D eigenvalue weighted by atomic mass is 32.1. The van der Waals surface area contributed by atoms with E-state index in [4.69, 9.17) is 14.2 Å². The third-order valence-corrected chi connectivity index (χ3v) is 4.55. The molecule has 4 heteroatoms. The minimum Gasteiger partial charge on any atom is -0.331 e. The molecule has 3 nitrogen and oxygen atoms in total. The Morgan fingerprint density at radius 3 is 1.70 bits per heavy atom. The highest BCUT2D eigenvalue weighted by Crippen LogP contribution is 2.21. The lowest BCUT2D eigenvalue weighted by atomic mass is 10.1. The van der Waals surface area contributed by atoms with Gasteiger partial charge in [-0.3, -0.25) is 0 Å². The zero-order valence-corrected chi connectivity index (χ0v) is 14.7. The van der Waals surface area contributed by atoms with E-state index in [-0.39, 0.29) is 0 Å². The fraction of sp³-hybridized carbons (Fsp3) is 1.00. The van der Waals surface area contributed by atoms with Crippen LogP contribution in [0.2, 0.25) is 0 Å². The van der Waals surface area contributed by atoms with Crippen molar-refractivity contribution >= 4 is 12.6 Å². The molecule has 0 heterocycles. The summed E-state index contributed by atoms with van der Waals surface area (Å²) in [6.45, 7) is 2.21. The summed E-state index contributed by atoms with van der Waals surface area (Å²) in [6.07, 6.45) is 12.1. The summed E-state index contributed by atoms with van der Waals surface area (Å²) in [5.74, 6) is -0.846. The summed E-state index contributed by atoms with van der Waals surface area (Å²) >= 11 is 4.52. The molecule has 0 saturated heterocycles. The minimum atomic E-state index is -0.846. The van der Waals surface area contributed by atoms with Gasteiger partial charge in [-0.15, -0.1) is 0 Å². The molecule has 0 saturated carbocycles. The molecule has 0 aromatic heterocycles. The molecule has 1 atom stereocenters. The lowest BCUT2D eigenvalue weighted by molar-refractivity contribution is -0.355. The Kier molecular flexibility index (Phi) is 13.1. The van der Waals surface area contributed by atoms with Gasteiger partial charge in [-0.1, -0.05) is 45.4 Å². The number of hydrogen-bond donors (Lipinski definition) is 1. The number of ether oxygens (including phenoxy) is 3. The third kappa shape index (κ3) is 9.22. The van der Waals surface area contributed by atoms with Crippen molar-refractivity contribution < 1.29 is 14.2 Å². The summed E-state index contributed by atoms with van der Waals surface area (Å²) in [7, 11) is 4.87. The van der Waals surface area contributed by atoms with E-state index in [1.165, 1.54) is 51.4 Å². The number of methoxy groups -OCH3 is 3. The van der Waals surface area contributed by atoms with Gasteiger partial charge in [0.25, 0.3) is 5.97 Å². The highest BCUT2D eigenvalue weighted by Gasteiger charge is 2.28. The van der Waals surface area contributed by atoms with Crippen LogP contribution in [0.1, 0.15) is 71.1 Å². The molecule has 0 rings (SSSR count). The molecule has 0 N–H and O–H groups in total. The minimum absolute atomic E-state index is 0.597. The summed E-state index contributed by atoms with van der Waals surface area (Å²) in [5, 5.41) is 0.597. The fourth-order valence-electron chi connectivity index (χ4n) is 2.37. The molecule has 0 amide bonds. The first kappa shape index (κ1) is 20.2. The fourth-order valence-corrected chi connectivity index (χ4v) is 2.55. The van der Waals surface area contributed by atoms with Gasteiger partial charge in [0.2, 0.25) is 0 Å². The van der Waals surface area contributed by atoms with Crippen molar-refractivity contribution in [1.29, 1.82) is 0 Å². The molecule has 0 aliphatic carbocycles. The summed E-state index contributed by atoms with van der Waals surface area (Å²) in [6, 6.07) is 0. The molecular formula is C16H34O3S. The molecule has 0 aromatic carbocycles. The quantitative estimate of drug-likeness (QED) is 0.284. The monoisotopic (exact) mass is 306 g/mol. The predicted octanol–water partition coefficient (Wildman–Crippen LogP) is 4.80. The molecule has 20 heavy (non-hydrogen) atoms. The Hall–Kier alpha value is 0.230. The Labute approximate surface area is 131 Å². The van der Waals surface area contributed by atoms with Gasteiger partial charge >= 0.3 is 0 Å². The van der Waals surface area contributed by atoms with Crippen LogP contribution < -0.4 is 0 Å². The first-order valence-electron chi connectivity index (χ1n) is 7.97. The average molecular weight is 307 g/mol. The number of hydrogen-bond acceptors (Lipinski definition) is 4. The maximum Gasteiger partial charge on any atom is 0.282 e. The van der Waals surface area contributed by atoms with Crippen molar-refractivity contribution in [2.75, 3.05) is 21.3 Å². The molecule has 0 fully saturated rings. The molecule has 0 spiro atoms. The van der Waals surface area contributed by atoms with Crippen molar-refractivity contribution in [2.45, 2.75) is 82.4 Å². The predicted molar refractivity (Wildman–Crippen MR) is 88.4 cm³/mol. The molecule has 0 aliphatic rings. The van der Waals surface area contributed by atoms with Crippen molar-refractivity contribution in [1.82, 2.24) is 0 Å². The van der Waals surface area contributed by atoms with E-state index < -0.39 is 5.97 Å². The van der Waals surface area contributed by atoms with Crippen LogP contribution in [-0.4, -0.2) is 32.6 Å². The Bertz CT molecular complexity index is 200. The Morgan fingerprint density at radius 2 is 1.25 bits per heavy atom. The second kappa shape index (κ2) is 12.9. The van der Waals surface area contributed by atoms with Gasteiger partial charge in [0, 0.05) is 33.0 Å². The summed E-state index contributed by atoms with van der Waals surface area (Å²) in [4.78, 5) is 0. The summed E-state index contributed by atoms with van der Waals surface area (Å²) in [5.41, 5.74) is 0. The molecule has 0 bridgehead atoms. The zero-order chi connectivity index (χ0) is 15.3. The van der Waals surface area contributed by atoms with Gasteiger partial charge in [-0.25, -0.2) is 0 Å². The molecule has 0 radical (unpaired) electrons. The van der Waals surface area contributed by atoms with Gasteiger partial charge in [0.15, 0.2) is 0 Å². The van der Waals surface area contributed by atoms with E-state index in [1.807, 2.05) is 0 Å². The average Bonchev–Trinajstić information content (AvgIpc) is 2.49. The number of thiol groups is 1. The van der Waals surface area contributed by atoms with Crippen LogP contribution in [-0.2, 0) is 14.2 Å². The lowest BCUT2D eigenvalue weighted by Gasteiger charge is -2.28. The number of rotatable bonds is 14. The van der Waals surface area contributed by atoms with E-state index >= 15 is 0 Å². The van der Waals surface area contributed by atoms with Crippen molar-refractivity contribution in [2.24, 2.45) is 0 Å². The summed E-state index contributed by atoms with van der Waals surface area (Å²) < 4.78 is 15.8. The van der Waals surface area contributed by atoms with Crippen LogP contribution in [0.25, 0.3) is 0 Å². The van der Waals surface area contributed by atoms with Gasteiger partial charge < -0.3 is 14.2 Å². The van der Waals surface area contributed by atoms with Gasteiger partial charge in [-0.05, 0) is 19.3 Å². The first-order valence-corrected chi connectivity index (χ1v) is 8.49. The molecule has 0 aromatic rings. The van der Waals surface area contributed by atoms with Gasteiger partial charge in [-0.2, -0.15) is 12.6 Å². The molecular weight excluding hydrogens is 272 g/mol. The van der Waals surface area contributed by atoms with E-state index in [0.717, 1.165) is 12.8 Å². The Balaban J connectivity index is 3.40. The highest BCUT2D eigenvalue weighted by molar-refractivity contribution is 7.80. The van der Waals surface area contributed by atoms with E-state index in [9.17, 15) is 0 Å². The Morgan fingerprint density at radius 1 is 0.800 bits per heavy atom. The maximum absolute atomic E-state index is 5.28. The van der Waals surface area contributed by atoms with E-state index in [2.05, 4.69) is 19.6 Å². The zero-order valence-electron chi connectivity index (χ0n) is 13.8. The molecule has 122 valence electrons. The second-order valence-electron chi connectivity index (χ2n) is 5.37. The van der Waals surface area contributed by atoms with Crippen LogP contribution in [0.5, 0.6) is 0 Å². The van der Waals surface area contributed by atoms with Crippen LogP contribution in [0.3, 0.4) is 0 Å². The second-order valence-corrected chi connectivity index (χ2v) is 6.10.